The number of phenols is 1. The van der Waals surface area contributed by atoms with E-state index in [1.807, 2.05) is 29.0 Å². The average Bonchev–Trinajstić information content (AvgIpc) is 2.68. The van der Waals surface area contributed by atoms with Crippen LogP contribution in [0.25, 0.3) is 0 Å². The highest BCUT2D eigenvalue weighted by atomic mass is 32.1. The number of hydrogen-bond donors (Lipinski definition) is 2. The quantitative estimate of drug-likeness (QED) is 0.638. The molecule has 13 heavy (non-hydrogen) atoms. The van der Waals surface area contributed by atoms with Crippen molar-refractivity contribution in [3.63, 3.8) is 0 Å². The molecule has 0 atom stereocenters. The first kappa shape index (κ1) is 10.2. The monoisotopic (exact) mass is 210 g/mol. The van der Waals surface area contributed by atoms with Crippen molar-refractivity contribution in [3.05, 3.63) is 47.2 Å². The molecule has 0 amide bonds. The number of thiol groups is 1. The highest BCUT2D eigenvalue weighted by molar-refractivity contribution is 7.80. The summed E-state index contributed by atoms with van der Waals surface area (Å²) >= 11 is 5.66. The molecule has 0 radical (unpaired) electrons. The van der Waals surface area contributed by atoms with Gasteiger partial charge in [-0.3, -0.25) is 0 Å². The Morgan fingerprint density at radius 1 is 1.00 bits per heavy atom. The summed E-state index contributed by atoms with van der Waals surface area (Å²) in [4.78, 5) is 0.618. The molecule has 0 fully saturated rings. The van der Waals surface area contributed by atoms with E-state index in [1.54, 1.807) is 29.5 Å². The Morgan fingerprint density at radius 3 is 1.92 bits per heavy atom. The third-order valence-corrected chi connectivity index (χ3v) is 2.31. The molecule has 0 saturated heterocycles. The number of benzene rings is 1. The van der Waals surface area contributed by atoms with Gasteiger partial charge < -0.3 is 5.11 Å². The number of phenolic OH excluding ortho intramolecular Hbond substituents is 1. The fourth-order valence-corrected chi connectivity index (χ4v) is 1.31. The maximum absolute atomic E-state index is 8.84. The molecule has 0 saturated carbocycles. The summed E-state index contributed by atoms with van der Waals surface area (Å²) in [5.41, 5.74) is 0. The second-order valence-electron chi connectivity index (χ2n) is 2.28. The second-order valence-corrected chi connectivity index (χ2v) is 3.58. The first-order valence-corrected chi connectivity index (χ1v) is 5.14. The Morgan fingerprint density at radius 2 is 1.62 bits per heavy atom. The Bertz CT molecular complexity index is 292. The SMILES string of the molecule is Oc1ccccc1S.c1ccsc1. The van der Waals surface area contributed by atoms with Gasteiger partial charge in [-0.15, -0.1) is 12.6 Å². The standard InChI is InChI=1S/C6H6OS.C4H4S/c7-5-3-1-2-4-6(5)8;1-2-4-5-3-1/h1-4,7-8H;1-4H. The first-order valence-electron chi connectivity index (χ1n) is 3.75. The van der Waals surface area contributed by atoms with Gasteiger partial charge in [0.15, 0.2) is 0 Å². The van der Waals surface area contributed by atoms with Crippen molar-refractivity contribution < 1.29 is 5.11 Å². The van der Waals surface area contributed by atoms with Crippen molar-refractivity contribution in [3.8, 4) is 5.75 Å². The van der Waals surface area contributed by atoms with Crippen LogP contribution >= 0.6 is 24.0 Å². The Hall–Kier alpha value is -0.930. The zero-order valence-corrected chi connectivity index (χ0v) is 8.63. The van der Waals surface area contributed by atoms with Crippen LogP contribution in [0.1, 0.15) is 0 Å². The lowest BCUT2D eigenvalue weighted by Gasteiger charge is -1.91. The Labute approximate surface area is 87.1 Å². The molecule has 1 heterocycles. The minimum absolute atomic E-state index is 0.232. The van der Waals surface area contributed by atoms with Crippen LogP contribution in [0.3, 0.4) is 0 Å². The topological polar surface area (TPSA) is 20.2 Å². The van der Waals surface area contributed by atoms with Crippen molar-refractivity contribution in [2.24, 2.45) is 0 Å². The fraction of sp³-hybridized carbons (Fsp3) is 0. The second kappa shape index (κ2) is 5.67. The van der Waals surface area contributed by atoms with E-state index in [9.17, 15) is 0 Å². The van der Waals surface area contributed by atoms with E-state index < -0.39 is 0 Å². The predicted octanol–water partition coefficient (Wildman–Crippen LogP) is 3.43. The number of para-hydroxylation sites is 1. The molecule has 2 rings (SSSR count). The summed E-state index contributed by atoms with van der Waals surface area (Å²) in [7, 11) is 0. The fourth-order valence-electron chi connectivity index (χ4n) is 0.691. The number of thiophene rings is 1. The third-order valence-electron chi connectivity index (χ3n) is 1.31. The predicted molar refractivity (Wildman–Crippen MR) is 59.7 cm³/mol. The molecule has 0 unspecified atom stereocenters. The Balaban J connectivity index is 0.000000145. The van der Waals surface area contributed by atoms with Crippen LogP contribution in [0.15, 0.2) is 52.1 Å². The van der Waals surface area contributed by atoms with Crippen LogP contribution in [0.5, 0.6) is 5.75 Å². The maximum atomic E-state index is 8.84. The molecule has 0 aliphatic carbocycles. The molecular formula is C10H10OS2. The molecule has 1 aromatic carbocycles. The third kappa shape index (κ3) is 4.01. The summed E-state index contributed by atoms with van der Waals surface area (Å²) in [5, 5.41) is 12.9. The van der Waals surface area contributed by atoms with Gasteiger partial charge in [-0.25, -0.2) is 0 Å². The van der Waals surface area contributed by atoms with Crippen molar-refractivity contribution in [2.75, 3.05) is 0 Å². The molecule has 1 N–H and O–H groups in total. The minimum Gasteiger partial charge on any atom is -0.507 e. The summed E-state index contributed by atoms with van der Waals surface area (Å²) in [5.74, 6) is 0.232. The largest absolute Gasteiger partial charge is 0.507 e. The number of rotatable bonds is 0. The summed E-state index contributed by atoms with van der Waals surface area (Å²) in [6, 6.07) is 11.0. The normalized spacial score (nSPS) is 8.69. The van der Waals surface area contributed by atoms with Crippen LogP contribution < -0.4 is 0 Å². The van der Waals surface area contributed by atoms with E-state index in [0.29, 0.717) is 4.90 Å². The molecule has 0 spiro atoms. The van der Waals surface area contributed by atoms with Gasteiger partial charge in [-0.2, -0.15) is 11.3 Å². The molecule has 1 aromatic heterocycles. The highest BCUT2D eigenvalue weighted by Gasteiger charge is 1.88. The number of hydrogen-bond acceptors (Lipinski definition) is 3. The Kier molecular flexibility index (Phi) is 4.43. The minimum atomic E-state index is 0.232. The van der Waals surface area contributed by atoms with Crippen molar-refractivity contribution in [2.45, 2.75) is 4.90 Å². The van der Waals surface area contributed by atoms with E-state index in [1.165, 1.54) is 0 Å². The smallest absolute Gasteiger partial charge is 0.128 e. The number of aromatic hydroxyl groups is 1. The summed E-state index contributed by atoms with van der Waals surface area (Å²) < 4.78 is 0. The van der Waals surface area contributed by atoms with E-state index in [4.69, 9.17) is 5.11 Å². The van der Waals surface area contributed by atoms with E-state index >= 15 is 0 Å². The van der Waals surface area contributed by atoms with Gasteiger partial charge >= 0.3 is 0 Å². The van der Waals surface area contributed by atoms with Gasteiger partial charge in [0.25, 0.3) is 0 Å². The molecule has 2 aromatic rings. The van der Waals surface area contributed by atoms with Crippen LogP contribution in [-0.4, -0.2) is 5.11 Å². The van der Waals surface area contributed by atoms with Crippen molar-refractivity contribution in [1.29, 1.82) is 0 Å². The molecule has 68 valence electrons. The van der Waals surface area contributed by atoms with Gasteiger partial charge in [0.05, 0.1) is 0 Å². The van der Waals surface area contributed by atoms with Gasteiger partial charge in [-0.05, 0) is 22.9 Å². The zero-order chi connectivity index (χ0) is 9.52. The van der Waals surface area contributed by atoms with Gasteiger partial charge in [0.2, 0.25) is 0 Å². The van der Waals surface area contributed by atoms with Crippen LogP contribution in [0, 0.1) is 0 Å². The lowest BCUT2D eigenvalue weighted by Crippen LogP contribution is -1.64. The molecule has 3 heteroatoms. The molecular weight excluding hydrogens is 200 g/mol. The maximum Gasteiger partial charge on any atom is 0.128 e. The molecule has 1 nitrogen and oxygen atoms in total. The lowest BCUT2D eigenvalue weighted by atomic mass is 10.3. The van der Waals surface area contributed by atoms with Crippen LogP contribution in [0.2, 0.25) is 0 Å². The van der Waals surface area contributed by atoms with Crippen molar-refractivity contribution >= 4 is 24.0 Å². The van der Waals surface area contributed by atoms with E-state index in [-0.39, 0.29) is 5.75 Å². The van der Waals surface area contributed by atoms with Crippen LogP contribution in [-0.2, 0) is 0 Å². The summed E-state index contributed by atoms with van der Waals surface area (Å²) in [6.07, 6.45) is 0. The molecule has 0 aliphatic heterocycles. The van der Waals surface area contributed by atoms with E-state index in [2.05, 4.69) is 12.6 Å². The molecule has 0 bridgehead atoms. The first-order chi connectivity index (χ1) is 6.30. The average molecular weight is 210 g/mol. The van der Waals surface area contributed by atoms with Gasteiger partial charge in [0, 0.05) is 4.90 Å². The van der Waals surface area contributed by atoms with Crippen molar-refractivity contribution in [1.82, 2.24) is 0 Å². The van der Waals surface area contributed by atoms with E-state index in [0.717, 1.165) is 0 Å². The van der Waals surface area contributed by atoms with Gasteiger partial charge in [0.1, 0.15) is 5.75 Å². The van der Waals surface area contributed by atoms with Gasteiger partial charge in [-0.1, -0.05) is 24.3 Å². The van der Waals surface area contributed by atoms with Crippen LogP contribution in [0.4, 0.5) is 0 Å². The lowest BCUT2D eigenvalue weighted by molar-refractivity contribution is 0.463. The molecule has 0 aliphatic rings. The highest BCUT2D eigenvalue weighted by Crippen LogP contribution is 2.18. The zero-order valence-electron chi connectivity index (χ0n) is 6.92. The summed E-state index contributed by atoms with van der Waals surface area (Å²) in [6.45, 7) is 0.